The quantitative estimate of drug-likeness (QED) is 0.563. The van der Waals surface area contributed by atoms with Crippen LogP contribution in [0.25, 0.3) is 0 Å². The van der Waals surface area contributed by atoms with Gasteiger partial charge in [0.05, 0.1) is 19.1 Å². The first-order chi connectivity index (χ1) is 14.9. The molecule has 1 aromatic heterocycles. The zero-order valence-electron chi connectivity index (χ0n) is 17.7. The second-order valence-electron chi connectivity index (χ2n) is 7.25. The molecule has 1 saturated heterocycles. The van der Waals surface area contributed by atoms with Crippen LogP contribution in [0.3, 0.4) is 0 Å². The van der Waals surface area contributed by atoms with Crippen LogP contribution < -0.4 is 14.8 Å². The molecule has 0 unspecified atom stereocenters. The Hall–Kier alpha value is -2.53. The molecule has 10 heteroatoms. The number of benzene rings is 1. The highest BCUT2D eigenvalue weighted by Gasteiger charge is 2.45. The van der Waals surface area contributed by atoms with Crippen molar-refractivity contribution in [3.63, 3.8) is 0 Å². The Labute approximate surface area is 182 Å². The van der Waals surface area contributed by atoms with Gasteiger partial charge in [-0.1, -0.05) is 30.3 Å². The first-order valence-electron chi connectivity index (χ1n) is 10.0. The zero-order valence-corrected chi connectivity index (χ0v) is 18.5. The van der Waals surface area contributed by atoms with Gasteiger partial charge < -0.3 is 14.8 Å². The second kappa shape index (κ2) is 10.2. The summed E-state index contributed by atoms with van der Waals surface area (Å²) in [6.45, 7) is 0.917. The van der Waals surface area contributed by atoms with E-state index in [1.807, 2.05) is 30.3 Å². The number of hydrogen-bond acceptors (Lipinski definition) is 6. The van der Waals surface area contributed by atoms with E-state index in [0.29, 0.717) is 24.4 Å². The van der Waals surface area contributed by atoms with E-state index >= 15 is 0 Å². The van der Waals surface area contributed by atoms with E-state index in [9.17, 15) is 13.2 Å². The lowest BCUT2D eigenvalue weighted by Crippen LogP contribution is -2.53. The minimum absolute atomic E-state index is 0.195. The number of anilines is 1. The van der Waals surface area contributed by atoms with E-state index in [1.54, 1.807) is 18.3 Å². The zero-order chi connectivity index (χ0) is 22.3. The maximum atomic E-state index is 13.5. The predicted octanol–water partition coefficient (Wildman–Crippen LogP) is 1.54. The Balaban J connectivity index is 1.83. The molecular formula is C21H28N4O5S. The van der Waals surface area contributed by atoms with Crippen LogP contribution in [0.1, 0.15) is 18.4 Å². The Morgan fingerprint density at radius 3 is 2.48 bits per heavy atom. The van der Waals surface area contributed by atoms with Crippen LogP contribution in [0.4, 0.5) is 5.69 Å². The van der Waals surface area contributed by atoms with Gasteiger partial charge in [-0.25, -0.2) is 4.98 Å². The summed E-state index contributed by atoms with van der Waals surface area (Å²) >= 11 is 0. The number of hydrogen-bond donors (Lipinski definition) is 2. The van der Waals surface area contributed by atoms with Crippen LogP contribution >= 0.6 is 0 Å². The Bertz CT molecular complexity index is 976. The monoisotopic (exact) mass is 448 g/mol. The molecule has 2 N–H and O–H groups in total. The lowest BCUT2D eigenvalue weighted by atomic mass is 9.72. The second-order valence-corrected chi connectivity index (χ2v) is 9.01. The number of methoxy groups -OCH3 is 2. The largest absolute Gasteiger partial charge is 0.480 e. The fourth-order valence-electron chi connectivity index (χ4n) is 3.77. The van der Waals surface area contributed by atoms with Crippen LogP contribution in [0.15, 0.2) is 48.7 Å². The molecule has 1 amide bonds. The van der Waals surface area contributed by atoms with Crippen molar-refractivity contribution in [3.8, 4) is 5.88 Å². The molecule has 0 atom stereocenters. The highest BCUT2D eigenvalue weighted by Crippen LogP contribution is 2.38. The van der Waals surface area contributed by atoms with Gasteiger partial charge in [0.25, 0.3) is 10.2 Å². The van der Waals surface area contributed by atoms with Gasteiger partial charge in [-0.3, -0.25) is 4.79 Å². The molecule has 1 aromatic carbocycles. The molecule has 9 nitrogen and oxygen atoms in total. The molecule has 0 saturated carbocycles. The maximum absolute atomic E-state index is 13.5. The molecule has 0 aliphatic carbocycles. The summed E-state index contributed by atoms with van der Waals surface area (Å²) in [5, 5.41) is 2.94. The average Bonchev–Trinajstić information content (AvgIpc) is 2.80. The van der Waals surface area contributed by atoms with E-state index < -0.39 is 15.6 Å². The summed E-state index contributed by atoms with van der Waals surface area (Å²) in [6.07, 6.45) is 2.27. The fraction of sp³-hybridized carbons (Fsp3) is 0.429. The number of pyridine rings is 1. The summed E-state index contributed by atoms with van der Waals surface area (Å²) < 4.78 is 39.2. The van der Waals surface area contributed by atoms with E-state index in [2.05, 4.69) is 15.0 Å². The summed E-state index contributed by atoms with van der Waals surface area (Å²) in [5.41, 5.74) is 0.446. The predicted molar refractivity (Wildman–Crippen MR) is 117 cm³/mol. The number of carbonyl (C=O) groups is 1. The topological polar surface area (TPSA) is 110 Å². The van der Waals surface area contributed by atoms with E-state index in [0.717, 1.165) is 5.56 Å². The Kier molecular flexibility index (Phi) is 7.60. The van der Waals surface area contributed by atoms with E-state index in [-0.39, 0.29) is 32.1 Å². The molecule has 0 bridgehead atoms. The van der Waals surface area contributed by atoms with Gasteiger partial charge >= 0.3 is 0 Å². The third-order valence-electron chi connectivity index (χ3n) is 5.48. The van der Waals surface area contributed by atoms with Crippen molar-refractivity contribution in [2.75, 3.05) is 45.8 Å². The van der Waals surface area contributed by atoms with E-state index in [1.165, 1.54) is 18.5 Å². The van der Waals surface area contributed by atoms with Crippen molar-refractivity contribution >= 4 is 21.8 Å². The number of amides is 1. The molecular weight excluding hydrogens is 420 g/mol. The average molecular weight is 449 g/mol. The van der Waals surface area contributed by atoms with Gasteiger partial charge in [-0.05, 0) is 30.5 Å². The van der Waals surface area contributed by atoms with E-state index in [4.69, 9.17) is 9.47 Å². The van der Waals surface area contributed by atoms with Gasteiger partial charge in [0.2, 0.25) is 11.8 Å². The molecule has 168 valence electrons. The number of nitrogens with zero attached hydrogens (tertiary/aromatic N) is 2. The SMILES string of the molecule is COCCNS(=O)(=O)N1CCC(C(=O)Nc2cccnc2OC)(c2ccccc2)CC1. The molecule has 1 fully saturated rings. The molecule has 31 heavy (non-hydrogen) atoms. The minimum Gasteiger partial charge on any atom is -0.480 e. The maximum Gasteiger partial charge on any atom is 0.279 e. The number of rotatable bonds is 9. The standard InChI is InChI=1S/C21H28N4O5S/c1-29-16-13-23-31(27,28)25-14-10-21(11-15-25,17-7-4-3-5-8-17)20(26)24-18-9-6-12-22-19(18)30-2/h3-9,12,23H,10-11,13-16H2,1-2H3,(H,24,26). The molecule has 2 heterocycles. The Morgan fingerprint density at radius 1 is 1.13 bits per heavy atom. The summed E-state index contributed by atoms with van der Waals surface area (Å²) in [4.78, 5) is 17.7. The van der Waals surface area contributed by atoms with Gasteiger partial charge in [0, 0.05) is 32.9 Å². The summed E-state index contributed by atoms with van der Waals surface area (Å²) in [7, 11) is -0.637. The number of aromatic nitrogens is 1. The van der Waals surface area contributed by atoms with Crippen molar-refractivity contribution < 1.29 is 22.7 Å². The summed E-state index contributed by atoms with van der Waals surface area (Å²) in [6, 6.07) is 12.9. The van der Waals surface area contributed by atoms with Crippen molar-refractivity contribution in [2.24, 2.45) is 0 Å². The number of carbonyl (C=O) groups excluding carboxylic acids is 1. The normalized spacial score (nSPS) is 16.6. The third kappa shape index (κ3) is 5.21. The van der Waals surface area contributed by atoms with Crippen molar-refractivity contribution in [2.45, 2.75) is 18.3 Å². The van der Waals surface area contributed by atoms with Crippen LogP contribution in [0.5, 0.6) is 5.88 Å². The Morgan fingerprint density at radius 2 is 1.84 bits per heavy atom. The smallest absolute Gasteiger partial charge is 0.279 e. The van der Waals surface area contributed by atoms with Crippen molar-refractivity contribution in [3.05, 3.63) is 54.2 Å². The lowest BCUT2D eigenvalue weighted by Gasteiger charge is -2.40. The van der Waals surface area contributed by atoms with Crippen LogP contribution in [-0.4, -0.2) is 64.1 Å². The van der Waals surface area contributed by atoms with Gasteiger partial charge in [0.15, 0.2) is 0 Å². The number of piperidine rings is 1. The third-order valence-corrected chi connectivity index (χ3v) is 7.09. The van der Waals surface area contributed by atoms with Gasteiger partial charge in [-0.15, -0.1) is 0 Å². The van der Waals surface area contributed by atoms with Crippen LogP contribution in [0, 0.1) is 0 Å². The van der Waals surface area contributed by atoms with Crippen LogP contribution in [0.2, 0.25) is 0 Å². The van der Waals surface area contributed by atoms with Gasteiger partial charge in [0.1, 0.15) is 5.69 Å². The molecule has 2 aromatic rings. The highest BCUT2D eigenvalue weighted by molar-refractivity contribution is 7.87. The number of nitrogens with one attached hydrogen (secondary N) is 2. The van der Waals surface area contributed by atoms with Crippen LogP contribution in [-0.2, 0) is 25.2 Å². The molecule has 1 aliphatic rings. The van der Waals surface area contributed by atoms with Crippen molar-refractivity contribution in [1.82, 2.24) is 14.0 Å². The molecule has 0 spiro atoms. The van der Waals surface area contributed by atoms with Gasteiger partial charge in [-0.2, -0.15) is 17.4 Å². The van der Waals surface area contributed by atoms with Crippen molar-refractivity contribution in [1.29, 1.82) is 0 Å². The molecule has 0 radical (unpaired) electrons. The first-order valence-corrected chi connectivity index (χ1v) is 11.5. The minimum atomic E-state index is -3.64. The summed E-state index contributed by atoms with van der Waals surface area (Å²) in [5.74, 6) is 0.107. The number of ether oxygens (including phenoxy) is 2. The molecule has 1 aliphatic heterocycles. The first kappa shape index (κ1) is 23.1. The molecule has 3 rings (SSSR count). The fourth-order valence-corrected chi connectivity index (χ4v) is 4.95. The highest BCUT2D eigenvalue weighted by atomic mass is 32.2. The lowest BCUT2D eigenvalue weighted by molar-refractivity contribution is -0.123.